The molecule has 0 bridgehead atoms. The van der Waals surface area contributed by atoms with Crippen LogP contribution in [0.2, 0.25) is 0 Å². The maximum Gasteiger partial charge on any atom is 0.186 e. The minimum atomic E-state index is -1.01. The fourth-order valence-corrected chi connectivity index (χ4v) is 7.76. The lowest BCUT2D eigenvalue weighted by Crippen LogP contribution is -2.68. The monoisotopic (exact) mass is 803 g/mol. The van der Waals surface area contributed by atoms with Crippen LogP contribution in [-0.4, -0.2) is 81.7 Å². The summed E-state index contributed by atoms with van der Waals surface area (Å²) in [6.07, 6.45) is -7.16. The SMILES string of the molecule is CO[C@@H]1O[C@@H]2CO[C@@H](c3ccccc3)O[C@H]2[C@H](O[C@@H]2O[C@H](COCc3ccccc3)[C@@H](OCc3ccccc3)[C@H](OCc3ccccc3)[C@H]2N)[C@H]1OCc1ccccc1. The van der Waals surface area contributed by atoms with Crippen LogP contribution in [0.1, 0.15) is 34.1 Å². The molecule has 11 heteroatoms. The Morgan fingerprint density at radius 1 is 0.525 bits per heavy atom. The average Bonchev–Trinajstić information content (AvgIpc) is 3.30. The van der Waals surface area contributed by atoms with E-state index in [1.54, 1.807) is 7.11 Å². The molecule has 0 aromatic heterocycles. The fraction of sp³-hybridized carbons (Fsp3) is 0.375. The normalized spacial score (nSPS) is 29.4. The molecule has 5 aromatic rings. The van der Waals surface area contributed by atoms with Crippen molar-refractivity contribution in [1.82, 2.24) is 0 Å². The van der Waals surface area contributed by atoms with E-state index in [1.165, 1.54) is 0 Å². The highest BCUT2D eigenvalue weighted by Crippen LogP contribution is 2.39. The van der Waals surface area contributed by atoms with Gasteiger partial charge in [0.1, 0.15) is 42.7 Å². The number of rotatable bonds is 17. The third-order valence-corrected chi connectivity index (χ3v) is 10.8. The second kappa shape index (κ2) is 20.8. The van der Waals surface area contributed by atoms with Crippen molar-refractivity contribution in [2.75, 3.05) is 20.3 Å². The number of methoxy groups -OCH3 is 1. The van der Waals surface area contributed by atoms with Gasteiger partial charge in [0.25, 0.3) is 0 Å². The summed E-state index contributed by atoms with van der Waals surface area (Å²) in [6, 6.07) is 48.9. The number of hydrogen-bond acceptors (Lipinski definition) is 11. The third kappa shape index (κ3) is 10.7. The molecule has 5 aromatic carbocycles. The largest absolute Gasteiger partial charge is 0.374 e. The molecular formula is C48H53NO10. The lowest BCUT2D eigenvalue weighted by atomic mass is 9.94. The van der Waals surface area contributed by atoms with Crippen molar-refractivity contribution in [2.45, 2.75) is 94.1 Å². The lowest BCUT2D eigenvalue weighted by molar-refractivity contribution is -0.390. The van der Waals surface area contributed by atoms with Crippen LogP contribution in [0.15, 0.2) is 152 Å². The number of ether oxygens (including phenoxy) is 10. The van der Waals surface area contributed by atoms with Gasteiger partial charge in [-0.05, 0) is 22.3 Å². The molecule has 0 radical (unpaired) electrons. The Kier molecular flexibility index (Phi) is 14.6. The molecule has 59 heavy (non-hydrogen) atoms. The smallest absolute Gasteiger partial charge is 0.186 e. The van der Waals surface area contributed by atoms with Crippen molar-refractivity contribution >= 4 is 0 Å². The molecule has 310 valence electrons. The van der Waals surface area contributed by atoms with Gasteiger partial charge in [-0.25, -0.2) is 0 Å². The molecule has 0 unspecified atom stereocenters. The van der Waals surface area contributed by atoms with Crippen LogP contribution >= 0.6 is 0 Å². The summed E-state index contributed by atoms with van der Waals surface area (Å²) in [5, 5.41) is 0. The second-order valence-electron chi connectivity index (χ2n) is 15.0. The van der Waals surface area contributed by atoms with E-state index in [4.69, 9.17) is 53.1 Å². The van der Waals surface area contributed by atoms with E-state index in [2.05, 4.69) is 0 Å². The third-order valence-electron chi connectivity index (χ3n) is 10.8. The standard InChI is InChI=1S/C48H53NO10/c1-50-48-45(54-30-36-23-13-5-14-24-36)44(42-39(57-48)32-55-46(58-42)37-25-15-6-16-26-37)59-47-40(49)43(53-29-35-21-11-4-12-22-35)41(52-28-34-19-9-3-10-20-34)38(56-47)31-51-27-33-17-7-2-8-18-33/h2-26,38-48H,27-32,49H2,1H3/t38-,39-,40-,41-,42-,43-,44+,45-,46-,47+,48-/m1/s1. The summed E-state index contributed by atoms with van der Waals surface area (Å²) in [7, 11) is 1.59. The van der Waals surface area contributed by atoms with Gasteiger partial charge in [0.05, 0.1) is 45.7 Å². The predicted octanol–water partition coefficient (Wildman–Crippen LogP) is 6.88. The van der Waals surface area contributed by atoms with Gasteiger partial charge in [0.15, 0.2) is 18.9 Å². The number of benzene rings is 5. The maximum absolute atomic E-state index is 7.25. The highest BCUT2D eigenvalue weighted by molar-refractivity contribution is 5.18. The Bertz CT molecular complexity index is 1940. The van der Waals surface area contributed by atoms with Crippen molar-refractivity contribution < 1.29 is 47.4 Å². The first-order chi connectivity index (χ1) is 29.1. The number of nitrogens with two attached hydrogens (primary N) is 1. The van der Waals surface area contributed by atoms with E-state index >= 15 is 0 Å². The zero-order valence-corrected chi connectivity index (χ0v) is 33.2. The minimum absolute atomic E-state index is 0.182. The van der Waals surface area contributed by atoms with Crippen molar-refractivity contribution in [1.29, 1.82) is 0 Å². The molecule has 3 aliphatic heterocycles. The van der Waals surface area contributed by atoms with E-state index in [0.717, 1.165) is 27.8 Å². The van der Waals surface area contributed by atoms with Crippen LogP contribution < -0.4 is 5.73 Å². The summed E-state index contributed by atoms with van der Waals surface area (Å²) in [5.41, 5.74) is 12.1. The van der Waals surface area contributed by atoms with E-state index in [0.29, 0.717) is 19.8 Å². The van der Waals surface area contributed by atoms with E-state index in [9.17, 15) is 0 Å². The van der Waals surface area contributed by atoms with Gasteiger partial charge in [0, 0.05) is 12.7 Å². The molecule has 11 atom stereocenters. The first kappa shape index (κ1) is 41.4. The predicted molar refractivity (Wildman–Crippen MR) is 218 cm³/mol. The molecule has 3 aliphatic rings. The van der Waals surface area contributed by atoms with Gasteiger partial charge in [-0.2, -0.15) is 0 Å². The van der Waals surface area contributed by atoms with Crippen LogP contribution in [0.4, 0.5) is 0 Å². The quantitative estimate of drug-likeness (QED) is 0.106. The molecule has 3 heterocycles. The minimum Gasteiger partial charge on any atom is -0.374 e. The molecule has 0 saturated carbocycles. The van der Waals surface area contributed by atoms with Gasteiger partial charge < -0.3 is 53.1 Å². The Balaban J connectivity index is 1.11. The topological polar surface area (TPSA) is 118 Å². The molecule has 0 aliphatic carbocycles. The van der Waals surface area contributed by atoms with Crippen LogP contribution in [-0.2, 0) is 73.8 Å². The van der Waals surface area contributed by atoms with Gasteiger partial charge >= 0.3 is 0 Å². The van der Waals surface area contributed by atoms with E-state index in [-0.39, 0.29) is 19.8 Å². The van der Waals surface area contributed by atoms with Crippen LogP contribution in [0.3, 0.4) is 0 Å². The van der Waals surface area contributed by atoms with E-state index in [1.807, 2.05) is 152 Å². The van der Waals surface area contributed by atoms with Crippen molar-refractivity contribution in [3.63, 3.8) is 0 Å². The van der Waals surface area contributed by atoms with Gasteiger partial charge in [-0.3, -0.25) is 0 Å². The zero-order valence-electron chi connectivity index (χ0n) is 33.2. The Labute approximate surface area is 346 Å². The molecular weight excluding hydrogens is 751 g/mol. The zero-order chi connectivity index (χ0) is 40.2. The molecule has 0 spiro atoms. The molecule has 8 rings (SSSR count). The molecule has 2 N–H and O–H groups in total. The molecule has 3 fully saturated rings. The van der Waals surface area contributed by atoms with Gasteiger partial charge in [0.2, 0.25) is 0 Å². The van der Waals surface area contributed by atoms with Crippen molar-refractivity contribution in [2.24, 2.45) is 5.73 Å². The summed E-state index contributed by atoms with van der Waals surface area (Å²) < 4.78 is 65.9. The van der Waals surface area contributed by atoms with Crippen molar-refractivity contribution in [3.05, 3.63) is 179 Å². The number of hydrogen-bond donors (Lipinski definition) is 1. The van der Waals surface area contributed by atoms with Crippen LogP contribution in [0.5, 0.6) is 0 Å². The first-order valence-corrected chi connectivity index (χ1v) is 20.3. The number of fused-ring (bicyclic) bond motifs is 1. The summed E-state index contributed by atoms with van der Waals surface area (Å²) in [4.78, 5) is 0. The first-order valence-electron chi connectivity index (χ1n) is 20.3. The second-order valence-corrected chi connectivity index (χ2v) is 15.0. The lowest BCUT2D eigenvalue weighted by Gasteiger charge is -2.51. The fourth-order valence-electron chi connectivity index (χ4n) is 7.76. The maximum atomic E-state index is 7.25. The summed E-state index contributed by atoms with van der Waals surface area (Å²) in [5.74, 6) is 0. The van der Waals surface area contributed by atoms with Gasteiger partial charge in [-0.1, -0.05) is 152 Å². The highest BCUT2D eigenvalue weighted by atomic mass is 16.8. The van der Waals surface area contributed by atoms with Crippen LogP contribution in [0, 0.1) is 0 Å². The van der Waals surface area contributed by atoms with Gasteiger partial charge in [-0.15, -0.1) is 0 Å². The molecule has 0 amide bonds. The Morgan fingerprint density at radius 2 is 1.02 bits per heavy atom. The Hall–Kier alpha value is -4.34. The molecule has 11 nitrogen and oxygen atoms in total. The summed E-state index contributed by atoms with van der Waals surface area (Å²) >= 11 is 0. The summed E-state index contributed by atoms with van der Waals surface area (Å²) in [6.45, 7) is 1.68. The molecule has 3 saturated heterocycles. The van der Waals surface area contributed by atoms with E-state index < -0.39 is 67.6 Å². The van der Waals surface area contributed by atoms with Crippen molar-refractivity contribution in [3.8, 4) is 0 Å². The Morgan fingerprint density at radius 3 is 1.56 bits per heavy atom. The average molecular weight is 804 g/mol. The highest BCUT2D eigenvalue weighted by Gasteiger charge is 2.55. The van der Waals surface area contributed by atoms with Crippen LogP contribution in [0.25, 0.3) is 0 Å².